The predicted octanol–water partition coefficient (Wildman–Crippen LogP) is 4.50. The Hall–Kier alpha value is -3.27. The number of aryl methyl sites for hydroxylation is 1. The molecule has 3 aromatic rings. The SMILES string of the molecule is CCOC(=O)c1ccc(Oc2cc(-n3nc(C)n(C(F)F)c3=O)c(F)cc2Cl)cc1. The van der Waals surface area contributed by atoms with Crippen LogP contribution in [0.1, 0.15) is 29.7 Å². The third-order valence-electron chi connectivity index (χ3n) is 4.00. The van der Waals surface area contributed by atoms with Gasteiger partial charge in [0.25, 0.3) is 0 Å². The lowest BCUT2D eigenvalue weighted by Gasteiger charge is -2.11. The van der Waals surface area contributed by atoms with Crippen LogP contribution in [0, 0.1) is 12.7 Å². The maximum atomic E-state index is 14.4. The smallest absolute Gasteiger partial charge is 0.355 e. The first kappa shape index (κ1) is 21.4. The monoisotopic (exact) mass is 441 g/mol. The first-order valence-corrected chi connectivity index (χ1v) is 9.01. The van der Waals surface area contributed by atoms with Gasteiger partial charge in [-0.2, -0.15) is 13.5 Å². The quantitative estimate of drug-likeness (QED) is 0.526. The number of alkyl halides is 2. The second-order valence-electron chi connectivity index (χ2n) is 5.97. The number of halogens is 4. The van der Waals surface area contributed by atoms with Crippen LogP contribution >= 0.6 is 11.6 Å². The first-order chi connectivity index (χ1) is 14.2. The number of carbonyl (C=O) groups is 1. The van der Waals surface area contributed by atoms with Gasteiger partial charge in [0.1, 0.15) is 23.0 Å². The number of ether oxygens (including phenoxy) is 2. The van der Waals surface area contributed by atoms with Crippen molar-refractivity contribution in [2.75, 3.05) is 6.61 Å². The minimum Gasteiger partial charge on any atom is -0.462 e. The van der Waals surface area contributed by atoms with E-state index in [4.69, 9.17) is 21.1 Å². The summed E-state index contributed by atoms with van der Waals surface area (Å²) in [5.74, 6) is -1.54. The number of aromatic nitrogens is 3. The fourth-order valence-corrected chi connectivity index (χ4v) is 2.81. The van der Waals surface area contributed by atoms with Crippen molar-refractivity contribution in [3.05, 3.63) is 69.1 Å². The molecule has 11 heteroatoms. The standard InChI is InChI=1S/C19H15ClF3N3O4/c1-3-29-17(27)11-4-6-12(7-5-11)30-16-9-15(14(21)8-13(16)20)26-19(28)25(18(22)23)10(2)24-26/h4-9,18H,3H2,1-2H3. The molecule has 30 heavy (non-hydrogen) atoms. The molecule has 0 saturated carbocycles. The molecule has 0 radical (unpaired) electrons. The van der Waals surface area contributed by atoms with Gasteiger partial charge in [0.15, 0.2) is 5.82 Å². The van der Waals surface area contributed by atoms with E-state index >= 15 is 0 Å². The van der Waals surface area contributed by atoms with Gasteiger partial charge in [-0.3, -0.25) is 0 Å². The third-order valence-corrected chi connectivity index (χ3v) is 4.29. The van der Waals surface area contributed by atoms with Crippen LogP contribution in [-0.2, 0) is 4.74 Å². The maximum absolute atomic E-state index is 14.4. The molecule has 0 unspecified atom stereocenters. The fraction of sp³-hybridized carbons (Fsp3) is 0.211. The van der Waals surface area contributed by atoms with Crippen LogP contribution < -0.4 is 10.4 Å². The summed E-state index contributed by atoms with van der Waals surface area (Å²) in [5, 5.41) is 3.56. The maximum Gasteiger partial charge on any atom is 0.355 e. The van der Waals surface area contributed by atoms with E-state index in [2.05, 4.69) is 5.10 Å². The summed E-state index contributed by atoms with van der Waals surface area (Å²) in [5.41, 5.74) is -1.33. The Labute approximate surface area is 173 Å². The van der Waals surface area contributed by atoms with E-state index in [1.165, 1.54) is 31.2 Å². The number of benzene rings is 2. The summed E-state index contributed by atoms with van der Waals surface area (Å²) < 4.78 is 51.6. The zero-order chi connectivity index (χ0) is 22.0. The Bertz CT molecular complexity index is 1140. The van der Waals surface area contributed by atoms with Gasteiger partial charge < -0.3 is 9.47 Å². The van der Waals surface area contributed by atoms with Gasteiger partial charge in [0.05, 0.1) is 17.2 Å². The average molecular weight is 442 g/mol. The molecule has 7 nitrogen and oxygen atoms in total. The topological polar surface area (TPSA) is 75.3 Å². The zero-order valence-corrected chi connectivity index (χ0v) is 16.5. The van der Waals surface area contributed by atoms with Crippen LogP contribution in [0.5, 0.6) is 11.5 Å². The highest BCUT2D eigenvalue weighted by molar-refractivity contribution is 6.32. The second kappa shape index (κ2) is 8.62. The third kappa shape index (κ3) is 4.18. The lowest BCUT2D eigenvalue weighted by molar-refractivity contribution is 0.0526. The highest BCUT2D eigenvalue weighted by Gasteiger charge is 2.21. The van der Waals surface area contributed by atoms with Gasteiger partial charge in [-0.15, -0.1) is 5.10 Å². The summed E-state index contributed by atoms with van der Waals surface area (Å²) in [6.07, 6.45) is 0. The van der Waals surface area contributed by atoms with Gasteiger partial charge in [0.2, 0.25) is 0 Å². The molecule has 1 aromatic heterocycles. The van der Waals surface area contributed by atoms with Crippen LogP contribution in [0.25, 0.3) is 5.69 Å². The van der Waals surface area contributed by atoms with Crippen LogP contribution in [0.4, 0.5) is 13.2 Å². The van der Waals surface area contributed by atoms with Gasteiger partial charge >= 0.3 is 18.2 Å². The van der Waals surface area contributed by atoms with Crippen LogP contribution in [0.2, 0.25) is 5.02 Å². The summed E-state index contributed by atoms with van der Waals surface area (Å²) in [4.78, 5) is 23.9. The Morgan fingerprint density at radius 3 is 2.47 bits per heavy atom. The summed E-state index contributed by atoms with van der Waals surface area (Å²) in [6.45, 7) is -0.0259. The number of rotatable bonds is 6. The van der Waals surface area contributed by atoms with Crippen molar-refractivity contribution in [3.63, 3.8) is 0 Å². The molecule has 0 aliphatic heterocycles. The van der Waals surface area contributed by atoms with Crippen molar-refractivity contribution in [2.45, 2.75) is 20.4 Å². The molecule has 0 aliphatic rings. The molecule has 0 amide bonds. The van der Waals surface area contributed by atoms with Crippen molar-refractivity contribution >= 4 is 17.6 Å². The van der Waals surface area contributed by atoms with Crippen molar-refractivity contribution < 1.29 is 27.4 Å². The summed E-state index contributed by atoms with van der Waals surface area (Å²) >= 11 is 6.02. The van der Waals surface area contributed by atoms with Gasteiger partial charge in [-0.1, -0.05) is 11.6 Å². The van der Waals surface area contributed by atoms with E-state index in [9.17, 15) is 22.8 Å². The lowest BCUT2D eigenvalue weighted by atomic mass is 10.2. The molecule has 0 saturated heterocycles. The molecule has 3 rings (SSSR count). The number of hydrogen-bond donors (Lipinski definition) is 0. The fourth-order valence-electron chi connectivity index (χ4n) is 2.62. The van der Waals surface area contributed by atoms with E-state index in [1.54, 1.807) is 6.92 Å². The van der Waals surface area contributed by atoms with E-state index in [1.807, 2.05) is 0 Å². The van der Waals surface area contributed by atoms with Crippen LogP contribution in [0.3, 0.4) is 0 Å². The molecule has 0 bridgehead atoms. The summed E-state index contributed by atoms with van der Waals surface area (Å²) in [7, 11) is 0. The van der Waals surface area contributed by atoms with Crippen molar-refractivity contribution in [1.82, 2.24) is 14.3 Å². The van der Waals surface area contributed by atoms with E-state index < -0.39 is 29.7 Å². The minimum absolute atomic E-state index is 0.0481. The van der Waals surface area contributed by atoms with E-state index in [0.29, 0.717) is 10.2 Å². The van der Waals surface area contributed by atoms with Crippen LogP contribution in [0.15, 0.2) is 41.2 Å². The Morgan fingerprint density at radius 1 is 1.23 bits per heavy atom. The Morgan fingerprint density at radius 2 is 1.90 bits per heavy atom. The molecule has 0 spiro atoms. The first-order valence-electron chi connectivity index (χ1n) is 8.63. The van der Waals surface area contributed by atoms with Crippen LogP contribution in [-0.4, -0.2) is 26.9 Å². The number of nitrogens with zero attached hydrogens (tertiary/aromatic N) is 3. The zero-order valence-electron chi connectivity index (χ0n) is 15.7. The van der Waals surface area contributed by atoms with E-state index in [0.717, 1.165) is 12.1 Å². The molecular formula is C19H15ClF3N3O4. The van der Waals surface area contributed by atoms with Crippen molar-refractivity contribution in [1.29, 1.82) is 0 Å². The number of esters is 1. The van der Waals surface area contributed by atoms with Crippen molar-refractivity contribution in [2.24, 2.45) is 0 Å². The molecule has 0 aliphatic carbocycles. The average Bonchev–Trinajstić information content (AvgIpc) is 2.98. The second-order valence-corrected chi connectivity index (χ2v) is 6.38. The highest BCUT2D eigenvalue weighted by Crippen LogP contribution is 2.33. The molecule has 0 fully saturated rings. The molecule has 158 valence electrons. The predicted molar refractivity (Wildman–Crippen MR) is 101 cm³/mol. The molecular weight excluding hydrogens is 427 g/mol. The molecule has 0 N–H and O–H groups in total. The number of carbonyl (C=O) groups excluding carboxylic acids is 1. The van der Waals surface area contributed by atoms with Gasteiger partial charge in [-0.05, 0) is 44.2 Å². The Kier molecular flexibility index (Phi) is 6.16. The molecule has 0 atom stereocenters. The largest absolute Gasteiger partial charge is 0.462 e. The lowest BCUT2D eigenvalue weighted by Crippen LogP contribution is -2.25. The van der Waals surface area contributed by atoms with Gasteiger partial charge in [-0.25, -0.2) is 18.5 Å². The normalized spacial score (nSPS) is 11.0. The van der Waals surface area contributed by atoms with Gasteiger partial charge in [0, 0.05) is 6.07 Å². The number of hydrogen-bond acceptors (Lipinski definition) is 5. The van der Waals surface area contributed by atoms with Crippen molar-refractivity contribution in [3.8, 4) is 17.2 Å². The molecule has 1 heterocycles. The minimum atomic E-state index is -3.13. The molecule has 2 aromatic carbocycles. The van der Waals surface area contributed by atoms with E-state index in [-0.39, 0.29) is 33.5 Å². The Balaban J connectivity index is 1.96. The summed E-state index contributed by atoms with van der Waals surface area (Å²) in [6, 6.07) is 7.80. The highest BCUT2D eigenvalue weighted by atomic mass is 35.5.